The molecule has 2 N–H and O–H groups in total. The zero-order chi connectivity index (χ0) is 14.3. The Morgan fingerprint density at radius 2 is 2.16 bits per heavy atom. The number of aryl methyl sites for hydroxylation is 1. The van der Waals surface area contributed by atoms with Gasteiger partial charge in [0.1, 0.15) is 5.82 Å². The Morgan fingerprint density at radius 3 is 2.79 bits per heavy atom. The first-order valence-electron chi connectivity index (χ1n) is 6.78. The van der Waals surface area contributed by atoms with Gasteiger partial charge in [-0.15, -0.1) is 0 Å². The van der Waals surface area contributed by atoms with Crippen LogP contribution in [-0.4, -0.2) is 25.0 Å². The molecule has 0 bridgehead atoms. The lowest BCUT2D eigenvalue weighted by Crippen LogP contribution is -2.39. The van der Waals surface area contributed by atoms with Crippen molar-refractivity contribution in [2.24, 2.45) is 0 Å². The third-order valence-corrected chi connectivity index (χ3v) is 3.18. The van der Waals surface area contributed by atoms with E-state index in [4.69, 9.17) is 0 Å². The second-order valence-corrected chi connectivity index (χ2v) is 4.87. The maximum Gasteiger partial charge on any atom is 0.234 e. The van der Waals surface area contributed by atoms with Gasteiger partial charge in [0.2, 0.25) is 5.91 Å². The first-order valence-corrected chi connectivity index (χ1v) is 6.78. The van der Waals surface area contributed by atoms with Gasteiger partial charge >= 0.3 is 0 Å². The molecule has 0 aliphatic heterocycles. The van der Waals surface area contributed by atoms with Crippen LogP contribution in [0.15, 0.2) is 18.2 Å². The number of hydrogen-bond donors (Lipinski definition) is 2. The number of amides is 1. The van der Waals surface area contributed by atoms with Crippen molar-refractivity contribution in [2.45, 2.75) is 39.7 Å². The van der Waals surface area contributed by atoms with E-state index in [1.807, 2.05) is 20.8 Å². The molecule has 0 fully saturated rings. The Bertz CT molecular complexity index is 421. The third kappa shape index (κ3) is 5.83. The maximum absolute atomic E-state index is 12.9. The molecule has 3 nitrogen and oxygen atoms in total. The van der Waals surface area contributed by atoms with Crippen molar-refractivity contribution >= 4 is 5.91 Å². The Balaban J connectivity index is 2.25. The van der Waals surface area contributed by atoms with Crippen molar-refractivity contribution in [2.75, 3.05) is 13.1 Å². The highest BCUT2D eigenvalue weighted by molar-refractivity contribution is 5.78. The lowest BCUT2D eigenvalue weighted by Gasteiger charge is -2.12. The second kappa shape index (κ2) is 7.89. The van der Waals surface area contributed by atoms with E-state index in [-0.39, 0.29) is 17.8 Å². The summed E-state index contributed by atoms with van der Waals surface area (Å²) in [7, 11) is 0. The molecule has 0 heterocycles. The molecule has 1 rings (SSSR count). The molecule has 0 aliphatic carbocycles. The lowest BCUT2D eigenvalue weighted by molar-refractivity contribution is -0.120. The number of hydrogen-bond acceptors (Lipinski definition) is 2. The van der Waals surface area contributed by atoms with Crippen molar-refractivity contribution < 1.29 is 9.18 Å². The van der Waals surface area contributed by atoms with Gasteiger partial charge in [-0.25, -0.2) is 4.39 Å². The van der Waals surface area contributed by atoms with Crippen LogP contribution in [0.25, 0.3) is 0 Å². The largest absolute Gasteiger partial charge is 0.353 e. The highest BCUT2D eigenvalue weighted by Crippen LogP contribution is 2.10. The molecule has 1 unspecified atom stereocenters. The van der Waals surface area contributed by atoms with Crippen LogP contribution < -0.4 is 10.6 Å². The fraction of sp³-hybridized carbons (Fsp3) is 0.533. The zero-order valence-corrected chi connectivity index (χ0v) is 11.9. The summed E-state index contributed by atoms with van der Waals surface area (Å²) in [5.41, 5.74) is 2.06. The fourth-order valence-corrected chi connectivity index (χ4v) is 1.79. The van der Waals surface area contributed by atoms with Gasteiger partial charge in [-0.05, 0) is 56.5 Å². The first-order chi connectivity index (χ1) is 9.02. The van der Waals surface area contributed by atoms with Gasteiger partial charge in [0.25, 0.3) is 0 Å². The number of carbonyl (C=O) groups is 1. The summed E-state index contributed by atoms with van der Waals surface area (Å²) in [5.74, 6) is -0.188. The van der Waals surface area contributed by atoms with E-state index < -0.39 is 0 Å². The van der Waals surface area contributed by atoms with Crippen LogP contribution in [0.5, 0.6) is 0 Å². The predicted octanol–water partition coefficient (Wildman–Crippen LogP) is 2.18. The molecule has 1 aromatic carbocycles. The molecule has 0 aliphatic rings. The topological polar surface area (TPSA) is 41.1 Å². The standard InChI is InChI=1S/C15H23FN2O/c1-4-12(3)18-15(19)10-17-8-7-13-5-6-14(16)9-11(13)2/h5-6,9,12,17H,4,7-8,10H2,1-3H3,(H,18,19). The Kier molecular flexibility index (Phi) is 6.50. The smallest absolute Gasteiger partial charge is 0.234 e. The van der Waals surface area contributed by atoms with Gasteiger partial charge in [-0.3, -0.25) is 4.79 Å². The molecule has 1 atom stereocenters. The summed E-state index contributed by atoms with van der Waals surface area (Å²) < 4.78 is 12.9. The van der Waals surface area contributed by atoms with Crippen LogP contribution in [0.3, 0.4) is 0 Å². The summed E-state index contributed by atoms with van der Waals surface area (Å²) in [5, 5.41) is 6.00. The molecule has 0 saturated heterocycles. The second-order valence-electron chi connectivity index (χ2n) is 4.87. The van der Waals surface area contributed by atoms with E-state index in [1.54, 1.807) is 6.07 Å². The summed E-state index contributed by atoms with van der Waals surface area (Å²) >= 11 is 0. The van der Waals surface area contributed by atoms with Crippen LogP contribution in [-0.2, 0) is 11.2 Å². The summed E-state index contributed by atoms with van der Waals surface area (Å²) in [6.45, 7) is 6.95. The maximum atomic E-state index is 12.9. The van der Waals surface area contributed by atoms with Gasteiger partial charge in [0.05, 0.1) is 6.54 Å². The monoisotopic (exact) mass is 266 g/mol. The van der Waals surface area contributed by atoms with E-state index >= 15 is 0 Å². The average Bonchev–Trinajstić information content (AvgIpc) is 2.36. The van der Waals surface area contributed by atoms with E-state index in [9.17, 15) is 9.18 Å². The van der Waals surface area contributed by atoms with Crippen LogP contribution in [0.2, 0.25) is 0 Å². The van der Waals surface area contributed by atoms with E-state index in [1.165, 1.54) is 12.1 Å². The van der Waals surface area contributed by atoms with Gasteiger partial charge < -0.3 is 10.6 Å². The molecule has 0 aromatic heterocycles. The van der Waals surface area contributed by atoms with Gasteiger partial charge in [-0.1, -0.05) is 13.0 Å². The number of nitrogens with one attached hydrogen (secondary N) is 2. The Morgan fingerprint density at radius 1 is 1.42 bits per heavy atom. The minimum Gasteiger partial charge on any atom is -0.353 e. The predicted molar refractivity (Wildman–Crippen MR) is 75.6 cm³/mol. The molecule has 1 aromatic rings. The first kappa shape index (κ1) is 15.6. The van der Waals surface area contributed by atoms with Crippen molar-refractivity contribution in [3.63, 3.8) is 0 Å². The minimum absolute atomic E-state index is 0.0187. The molecule has 19 heavy (non-hydrogen) atoms. The number of rotatable bonds is 7. The number of carbonyl (C=O) groups excluding carboxylic acids is 1. The Hall–Kier alpha value is -1.42. The molecular weight excluding hydrogens is 243 g/mol. The quantitative estimate of drug-likeness (QED) is 0.743. The SMILES string of the molecule is CCC(C)NC(=O)CNCCc1ccc(F)cc1C. The average molecular weight is 266 g/mol. The zero-order valence-electron chi connectivity index (χ0n) is 11.9. The van der Waals surface area contributed by atoms with Crippen LogP contribution in [0.4, 0.5) is 4.39 Å². The highest BCUT2D eigenvalue weighted by Gasteiger charge is 2.05. The van der Waals surface area contributed by atoms with Gasteiger partial charge in [0, 0.05) is 6.04 Å². The molecule has 0 spiro atoms. The molecule has 106 valence electrons. The van der Waals surface area contributed by atoms with Crippen LogP contribution >= 0.6 is 0 Å². The number of halogens is 1. The Labute approximate surface area is 114 Å². The molecule has 0 saturated carbocycles. The van der Waals surface area contributed by atoms with E-state index in [0.717, 1.165) is 24.0 Å². The summed E-state index contributed by atoms with van der Waals surface area (Å²) in [6, 6.07) is 5.02. The third-order valence-electron chi connectivity index (χ3n) is 3.18. The summed E-state index contributed by atoms with van der Waals surface area (Å²) in [4.78, 5) is 11.5. The molecular formula is C15H23FN2O. The van der Waals surface area contributed by atoms with Crippen LogP contribution in [0, 0.1) is 12.7 Å². The van der Waals surface area contributed by atoms with Crippen LogP contribution in [0.1, 0.15) is 31.4 Å². The van der Waals surface area contributed by atoms with Crippen molar-refractivity contribution in [1.82, 2.24) is 10.6 Å². The van der Waals surface area contributed by atoms with Crippen molar-refractivity contribution in [3.05, 3.63) is 35.1 Å². The minimum atomic E-state index is -0.206. The highest BCUT2D eigenvalue weighted by atomic mass is 19.1. The normalized spacial score (nSPS) is 12.2. The molecule has 1 amide bonds. The van der Waals surface area contributed by atoms with Gasteiger partial charge in [-0.2, -0.15) is 0 Å². The molecule has 0 radical (unpaired) electrons. The number of benzene rings is 1. The van der Waals surface area contributed by atoms with Crippen molar-refractivity contribution in [1.29, 1.82) is 0 Å². The summed E-state index contributed by atoms with van der Waals surface area (Å²) in [6.07, 6.45) is 1.73. The molecule has 4 heteroatoms. The van der Waals surface area contributed by atoms with Crippen molar-refractivity contribution in [3.8, 4) is 0 Å². The van der Waals surface area contributed by atoms with E-state index in [2.05, 4.69) is 10.6 Å². The lowest BCUT2D eigenvalue weighted by atomic mass is 10.1. The van der Waals surface area contributed by atoms with E-state index in [0.29, 0.717) is 13.1 Å². The van der Waals surface area contributed by atoms with Gasteiger partial charge in [0.15, 0.2) is 0 Å². The fourth-order valence-electron chi connectivity index (χ4n) is 1.79.